The molecule has 0 fully saturated rings. The summed E-state index contributed by atoms with van der Waals surface area (Å²) < 4.78 is 0. The van der Waals surface area contributed by atoms with E-state index in [4.69, 9.17) is 28.5 Å². The van der Waals surface area contributed by atoms with E-state index < -0.39 is 0 Å². The van der Waals surface area contributed by atoms with Crippen molar-refractivity contribution in [2.45, 2.75) is 13.3 Å². The molecule has 0 aliphatic heterocycles. The van der Waals surface area contributed by atoms with E-state index in [0.29, 0.717) is 35.1 Å². The highest BCUT2D eigenvalue weighted by Crippen LogP contribution is 2.22. The number of nitrogens with zero attached hydrogens (tertiary/aromatic N) is 2. The number of amides is 1. The first-order valence-corrected chi connectivity index (χ1v) is 5.97. The minimum atomic E-state index is -0.176. The molecule has 3 nitrogen and oxygen atoms in total. The third kappa shape index (κ3) is 3.62. The molecule has 1 aromatic rings. The van der Waals surface area contributed by atoms with Crippen molar-refractivity contribution in [2.75, 3.05) is 13.1 Å². The number of hydrogen-bond acceptors (Lipinski definition) is 2. The van der Waals surface area contributed by atoms with Gasteiger partial charge in [-0.3, -0.25) is 4.79 Å². The monoisotopic (exact) mass is 270 g/mol. The fourth-order valence-electron chi connectivity index (χ4n) is 1.42. The number of nitriles is 1. The first-order valence-electron chi connectivity index (χ1n) is 5.21. The van der Waals surface area contributed by atoms with Crippen molar-refractivity contribution in [3.63, 3.8) is 0 Å². The van der Waals surface area contributed by atoms with Crippen LogP contribution >= 0.6 is 23.2 Å². The Morgan fingerprint density at radius 3 is 2.71 bits per heavy atom. The maximum absolute atomic E-state index is 12.1. The number of halogens is 2. The normalized spacial score (nSPS) is 9.76. The van der Waals surface area contributed by atoms with Gasteiger partial charge >= 0.3 is 0 Å². The summed E-state index contributed by atoms with van der Waals surface area (Å²) in [5.41, 5.74) is 0.413. The van der Waals surface area contributed by atoms with Crippen molar-refractivity contribution in [1.29, 1.82) is 5.26 Å². The molecule has 1 amide bonds. The van der Waals surface area contributed by atoms with Gasteiger partial charge in [-0.15, -0.1) is 0 Å². The summed E-state index contributed by atoms with van der Waals surface area (Å²) in [6, 6.07) is 6.77. The number of carbonyl (C=O) groups excluding carboxylic acids is 1. The lowest BCUT2D eigenvalue weighted by Crippen LogP contribution is -2.31. The van der Waals surface area contributed by atoms with Crippen LogP contribution in [-0.4, -0.2) is 23.9 Å². The first-order chi connectivity index (χ1) is 8.10. The maximum atomic E-state index is 12.1. The molecule has 0 saturated carbocycles. The molecule has 0 unspecified atom stereocenters. The van der Waals surface area contributed by atoms with Crippen LogP contribution in [0.4, 0.5) is 0 Å². The SMILES string of the molecule is CCN(CCC#N)C(=O)c1ccc(Cl)cc1Cl. The number of benzene rings is 1. The second-order valence-corrected chi connectivity index (χ2v) is 4.26. The summed E-state index contributed by atoms with van der Waals surface area (Å²) in [4.78, 5) is 13.7. The van der Waals surface area contributed by atoms with Gasteiger partial charge in [0.1, 0.15) is 0 Å². The maximum Gasteiger partial charge on any atom is 0.255 e. The van der Waals surface area contributed by atoms with Gasteiger partial charge in [-0.1, -0.05) is 23.2 Å². The summed E-state index contributed by atoms with van der Waals surface area (Å²) in [7, 11) is 0. The lowest BCUT2D eigenvalue weighted by Gasteiger charge is -2.20. The van der Waals surface area contributed by atoms with Crippen LogP contribution in [-0.2, 0) is 0 Å². The highest BCUT2D eigenvalue weighted by atomic mass is 35.5. The van der Waals surface area contributed by atoms with Crippen molar-refractivity contribution in [3.05, 3.63) is 33.8 Å². The Morgan fingerprint density at radius 1 is 1.47 bits per heavy atom. The number of carbonyl (C=O) groups is 1. The van der Waals surface area contributed by atoms with Crippen molar-refractivity contribution in [2.24, 2.45) is 0 Å². The molecule has 0 heterocycles. The van der Waals surface area contributed by atoms with Gasteiger partial charge in [0.05, 0.1) is 23.1 Å². The molecule has 1 rings (SSSR count). The molecule has 0 spiro atoms. The minimum Gasteiger partial charge on any atom is -0.338 e. The molecule has 1 aromatic carbocycles. The molecule has 17 heavy (non-hydrogen) atoms. The van der Waals surface area contributed by atoms with Crippen LogP contribution in [0.2, 0.25) is 10.0 Å². The van der Waals surface area contributed by atoms with Gasteiger partial charge in [0.2, 0.25) is 0 Å². The van der Waals surface area contributed by atoms with E-state index in [2.05, 4.69) is 0 Å². The number of hydrogen-bond donors (Lipinski definition) is 0. The highest BCUT2D eigenvalue weighted by molar-refractivity contribution is 6.36. The highest BCUT2D eigenvalue weighted by Gasteiger charge is 2.16. The molecule has 90 valence electrons. The average Bonchev–Trinajstić information content (AvgIpc) is 2.29. The Labute approximate surface area is 111 Å². The van der Waals surface area contributed by atoms with Gasteiger partial charge in [0.15, 0.2) is 0 Å². The Hall–Kier alpha value is -1.24. The lowest BCUT2D eigenvalue weighted by molar-refractivity contribution is 0.0768. The minimum absolute atomic E-state index is 0.176. The largest absolute Gasteiger partial charge is 0.338 e. The van der Waals surface area contributed by atoms with Crippen LogP contribution in [0.15, 0.2) is 18.2 Å². The Kier molecular flexibility index (Phi) is 5.27. The van der Waals surface area contributed by atoms with Gasteiger partial charge in [-0.05, 0) is 25.1 Å². The van der Waals surface area contributed by atoms with Crippen molar-refractivity contribution in [3.8, 4) is 6.07 Å². The molecular formula is C12H12Cl2N2O. The van der Waals surface area contributed by atoms with Crippen LogP contribution in [0, 0.1) is 11.3 Å². The Balaban J connectivity index is 2.90. The molecule has 0 aliphatic carbocycles. The molecule has 0 radical (unpaired) electrons. The molecule has 5 heteroatoms. The van der Waals surface area contributed by atoms with E-state index in [9.17, 15) is 4.79 Å². The van der Waals surface area contributed by atoms with Crippen LogP contribution in [0.25, 0.3) is 0 Å². The van der Waals surface area contributed by atoms with Gasteiger partial charge in [-0.2, -0.15) is 5.26 Å². The van der Waals surface area contributed by atoms with Gasteiger partial charge < -0.3 is 4.90 Å². The number of rotatable bonds is 4. The zero-order valence-corrected chi connectivity index (χ0v) is 10.9. The van der Waals surface area contributed by atoms with E-state index in [0.717, 1.165) is 0 Å². The molecule has 0 N–H and O–H groups in total. The fraction of sp³-hybridized carbons (Fsp3) is 0.333. The van der Waals surface area contributed by atoms with E-state index in [-0.39, 0.29) is 5.91 Å². The molecular weight excluding hydrogens is 259 g/mol. The summed E-state index contributed by atoms with van der Waals surface area (Å²) >= 11 is 11.7. The van der Waals surface area contributed by atoms with Crippen molar-refractivity contribution >= 4 is 29.1 Å². The van der Waals surface area contributed by atoms with Crippen LogP contribution < -0.4 is 0 Å². The summed E-state index contributed by atoms with van der Waals surface area (Å²) in [6.07, 6.45) is 0.310. The van der Waals surface area contributed by atoms with Crippen LogP contribution in [0.5, 0.6) is 0 Å². The molecule has 0 saturated heterocycles. The predicted molar refractivity (Wildman–Crippen MR) is 68.3 cm³/mol. The predicted octanol–water partition coefficient (Wildman–Crippen LogP) is 3.37. The van der Waals surface area contributed by atoms with Crippen molar-refractivity contribution in [1.82, 2.24) is 4.90 Å². The van der Waals surface area contributed by atoms with Gasteiger partial charge in [0.25, 0.3) is 5.91 Å². The van der Waals surface area contributed by atoms with E-state index >= 15 is 0 Å². The summed E-state index contributed by atoms with van der Waals surface area (Å²) in [6.45, 7) is 2.81. The third-order valence-corrected chi connectivity index (χ3v) is 2.87. The summed E-state index contributed by atoms with van der Waals surface area (Å²) in [5.74, 6) is -0.176. The van der Waals surface area contributed by atoms with Gasteiger partial charge in [-0.25, -0.2) is 0 Å². The Morgan fingerprint density at radius 2 is 2.18 bits per heavy atom. The molecule has 0 atom stereocenters. The fourth-order valence-corrected chi connectivity index (χ4v) is 1.91. The van der Waals surface area contributed by atoms with Gasteiger partial charge in [0, 0.05) is 18.1 Å². The summed E-state index contributed by atoms with van der Waals surface area (Å²) in [5, 5.41) is 9.35. The van der Waals surface area contributed by atoms with Crippen molar-refractivity contribution < 1.29 is 4.79 Å². The quantitative estimate of drug-likeness (QED) is 0.842. The van der Waals surface area contributed by atoms with Crippen LogP contribution in [0.3, 0.4) is 0 Å². The van der Waals surface area contributed by atoms with E-state index in [1.807, 2.05) is 13.0 Å². The molecule has 0 aliphatic rings. The van der Waals surface area contributed by atoms with Crippen LogP contribution in [0.1, 0.15) is 23.7 Å². The van der Waals surface area contributed by atoms with E-state index in [1.54, 1.807) is 17.0 Å². The van der Waals surface area contributed by atoms with E-state index in [1.165, 1.54) is 6.07 Å². The lowest BCUT2D eigenvalue weighted by atomic mass is 10.2. The zero-order valence-electron chi connectivity index (χ0n) is 9.41. The third-order valence-electron chi connectivity index (χ3n) is 2.32. The average molecular weight is 271 g/mol. The second kappa shape index (κ2) is 6.48. The smallest absolute Gasteiger partial charge is 0.255 e. The first kappa shape index (κ1) is 13.8. The topological polar surface area (TPSA) is 44.1 Å². The standard InChI is InChI=1S/C12H12Cl2N2O/c1-2-16(7-3-6-15)12(17)10-5-4-9(13)8-11(10)14/h4-5,8H,2-3,7H2,1H3. The molecule has 0 bridgehead atoms. The molecule has 0 aromatic heterocycles. The zero-order chi connectivity index (χ0) is 12.8. The Bertz CT molecular complexity index is 454. The second-order valence-electron chi connectivity index (χ2n) is 3.42.